The molecule has 0 saturated carbocycles. The van der Waals surface area contributed by atoms with Crippen LogP contribution in [0.3, 0.4) is 0 Å². The van der Waals surface area contributed by atoms with Crippen molar-refractivity contribution in [2.75, 3.05) is 37.7 Å². The fourth-order valence-corrected chi connectivity index (χ4v) is 3.34. The molecular weight excluding hydrogens is 513 g/mol. The predicted molar refractivity (Wildman–Crippen MR) is 135 cm³/mol. The highest BCUT2D eigenvalue weighted by molar-refractivity contribution is 14.0. The quantitative estimate of drug-likeness (QED) is 0.315. The lowest BCUT2D eigenvalue weighted by Crippen LogP contribution is -2.41. The number of aromatic nitrogens is 1. The monoisotopic (exact) mass is 543 g/mol. The van der Waals surface area contributed by atoms with Gasteiger partial charge in [0.05, 0.1) is 19.3 Å². The summed E-state index contributed by atoms with van der Waals surface area (Å²) in [5.41, 5.74) is 2.33. The van der Waals surface area contributed by atoms with Crippen molar-refractivity contribution in [1.82, 2.24) is 15.6 Å². The van der Waals surface area contributed by atoms with E-state index in [0.29, 0.717) is 6.54 Å². The number of halogens is 2. The zero-order valence-corrected chi connectivity index (χ0v) is 20.7. The first-order valence-corrected chi connectivity index (χ1v) is 10.6. The summed E-state index contributed by atoms with van der Waals surface area (Å²) in [6.45, 7) is 8.89. The van der Waals surface area contributed by atoms with Gasteiger partial charge in [-0.05, 0) is 49.6 Å². The molecule has 1 fully saturated rings. The van der Waals surface area contributed by atoms with Gasteiger partial charge in [0.25, 0.3) is 0 Å². The lowest BCUT2D eigenvalue weighted by atomic mass is 10.1. The molecule has 2 N–H and O–H groups in total. The molecule has 0 bridgehead atoms. The first-order valence-electron chi connectivity index (χ1n) is 10.2. The number of nitrogens with one attached hydrogen (secondary N) is 2. The molecule has 0 aliphatic carbocycles. The van der Waals surface area contributed by atoms with E-state index in [4.69, 9.17) is 16.3 Å². The van der Waals surface area contributed by atoms with Gasteiger partial charge in [-0.3, -0.25) is 0 Å². The van der Waals surface area contributed by atoms with Crippen LogP contribution in [0.2, 0.25) is 5.02 Å². The van der Waals surface area contributed by atoms with Crippen molar-refractivity contribution in [3.63, 3.8) is 0 Å². The number of pyridine rings is 1. The zero-order chi connectivity index (χ0) is 20.5. The highest BCUT2D eigenvalue weighted by Crippen LogP contribution is 2.15. The maximum absolute atomic E-state index is 5.94. The van der Waals surface area contributed by atoms with E-state index < -0.39 is 0 Å². The van der Waals surface area contributed by atoms with Crippen LogP contribution < -0.4 is 15.5 Å². The van der Waals surface area contributed by atoms with Crippen LogP contribution in [-0.2, 0) is 17.7 Å². The lowest BCUT2D eigenvalue weighted by Gasteiger charge is -2.32. The molecule has 1 atom stereocenters. The first kappa shape index (κ1) is 24.7. The number of anilines is 1. The van der Waals surface area contributed by atoms with Gasteiger partial charge in [0.15, 0.2) is 5.96 Å². The van der Waals surface area contributed by atoms with E-state index in [-0.39, 0.29) is 30.1 Å². The fourth-order valence-electron chi connectivity index (χ4n) is 3.21. The molecule has 164 valence electrons. The Morgan fingerprint density at radius 3 is 2.63 bits per heavy atom. The Balaban J connectivity index is 0.00000320. The minimum atomic E-state index is 0. The fraction of sp³-hybridized carbons (Fsp3) is 0.455. The summed E-state index contributed by atoms with van der Waals surface area (Å²) in [5, 5.41) is 7.44. The standard InChI is InChI=1S/C22H30ClN5O.HI/c1-3-24-22(25-11-10-18-4-7-20(23)8-5-18)27-15-19-6-9-21(26-14-19)28-12-13-29-17(2)16-28;/h4-9,14,17H,3,10-13,15-16H2,1-2H3,(H2,24,25,27);1H. The Bertz CT molecular complexity index is 785. The number of aliphatic imine (C=N–C) groups is 1. The van der Waals surface area contributed by atoms with Crippen LogP contribution in [-0.4, -0.2) is 49.8 Å². The van der Waals surface area contributed by atoms with Gasteiger partial charge >= 0.3 is 0 Å². The van der Waals surface area contributed by atoms with Gasteiger partial charge in [-0.2, -0.15) is 0 Å². The third kappa shape index (κ3) is 7.92. The number of rotatable bonds is 7. The number of ether oxygens (including phenoxy) is 1. The lowest BCUT2D eigenvalue weighted by molar-refractivity contribution is 0.0529. The maximum atomic E-state index is 5.94. The van der Waals surface area contributed by atoms with Gasteiger partial charge < -0.3 is 20.3 Å². The molecule has 8 heteroatoms. The zero-order valence-electron chi connectivity index (χ0n) is 17.6. The normalized spacial score (nSPS) is 16.7. The summed E-state index contributed by atoms with van der Waals surface area (Å²) >= 11 is 5.94. The highest BCUT2D eigenvalue weighted by Gasteiger charge is 2.17. The van der Waals surface area contributed by atoms with Crippen molar-refractivity contribution in [3.8, 4) is 0 Å². The number of benzene rings is 1. The molecule has 0 radical (unpaired) electrons. The molecule has 1 unspecified atom stereocenters. The second-order valence-electron chi connectivity index (χ2n) is 7.15. The third-order valence-electron chi connectivity index (χ3n) is 4.76. The van der Waals surface area contributed by atoms with Crippen LogP contribution in [0, 0.1) is 0 Å². The number of morpholine rings is 1. The van der Waals surface area contributed by atoms with Crippen LogP contribution in [0.4, 0.5) is 5.82 Å². The average molecular weight is 544 g/mol. The molecule has 2 heterocycles. The van der Waals surface area contributed by atoms with Crippen molar-refractivity contribution in [2.45, 2.75) is 32.9 Å². The first-order chi connectivity index (χ1) is 14.1. The van der Waals surface area contributed by atoms with E-state index >= 15 is 0 Å². The SMILES string of the molecule is CCNC(=NCc1ccc(N2CCOC(C)C2)nc1)NCCc1ccc(Cl)cc1.I. The molecule has 30 heavy (non-hydrogen) atoms. The Morgan fingerprint density at radius 2 is 1.97 bits per heavy atom. The maximum Gasteiger partial charge on any atom is 0.191 e. The van der Waals surface area contributed by atoms with Crippen molar-refractivity contribution in [2.24, 2.45) is 4.99 Å². The van der Waals surface area contributed by atoms with Crippen molar-refractivity contribution >= 4 is 47.4 Å². The van der Waals surface area contributed by atoms with Crippen LogP contribution >= 0.6 is 35.6 Å². The van der Waals surface area contributed by atoms with Crippen molar-refractivity contribution in [3.05, 3.63) is 58.7 Å². The van der Waals surface area contributed by atoms with Gasteiger partial charge in [-0.15, -0.1) is 24.0 Å². The predicted octanol–water partition coefficient (Wildman–Crippen LogP) is 3.88. The molecule has 6 nitrogen and oxygen atoms in total. The van der Waals surface area contributed by atoms with E-state index in [1.54, 1.807) is 0 Å². The van der Waals surface area contributed by atoms with Crippen molar-refractivity contribution < 1.29 is 4.74 Å². The molecule has 1 aromatic heterocycles. The minimum absolute atomic E-state index is 0. The third-order valence-corrected chi connectivity index (χ3v) is 5.01. The molecule has 1 aliphatic rings. The summed E-state index contributed by atoms with van der Waals surface area (Å²) in [6, 6.07) is 12.1. The van der Waals surface area contributed by atoms with E-state index in [2.05, 4.69) is 63.6 Å². The Kier molecular flexibility index (Phi) is 10.7. The van der Waals surface area contributed by atoms with Crippen LogP contribution in [0.15, 0.2) is 47.6 Å². The summed E-state index contributed by atoms with van der Waals surface area (Å²) in [6.07, 6.45) is 3.07. The number of hydrogen-bond donors (Lipinski definition) is 2. The minimum Gasteiger partial charge on any atom is -0.375 e. The summed E-state index contributed by atoms with van der Waals surface area (Å²) in [5.74, 6) is 1.81. The molecule has 1 saturated heterocycles. The van der Waals surface area contributed by atoms with E-state index in [1.165, 1.54) is 5.56 Å². The van der Waals surface area contributed by atoms with Crippen molar-refractivity contribution in [1.29, 1.82) is 0 Å². The highest BCUT2D eigenvalue weighted by atomic mass is 127. The Labute approximate surface area is 201 Å². The second-order valence-corrected chi connectivity index (χ2v) is 7.59. The van der Waals surface area contributed by atoms with Gasteiger partial charge in [0, 0.05) is 37.4 Å². The largest absolute Gasteiger partial charge is 0.375 e. The van der Waals surface area contributed by atoms with E-state index in [0.717, 1.165) is 61.6 Å². The van der Waals surface area contributed by atoms with Gasteiger partial charge in [-0.1, -0.05) is 29.8 Å². The number of nitrogens with zero attached hydrogens (tertiary/aromatic N) is 3. The topological polar surface area (TPSA) is 61.8 Å². The van der Waals surface area contributed by atoms with Gasteiger partial charge in [0.1, 0.15) is 5.82 Å². The number of hydrogen-bond acceptors (Lipinski definition) is 4. The summed E-state index contributed by atoms with van der Waals surface area (Å²) in [4.78, 5) is 11.6. The molecule has 0 amide bonds. The Morgan fingerprint density at radius 1 is 1.20 bits per heavy atom. The van der Waals surface area contributed by atoms with E-state index in [1.807, 2.05) is 18.3 Å². The van der Waals surface area contributed by atoms with Crippen LogP contribution in [0.5, 0.6) is 0 Å². The molecule has 2 aromatic rings. The number of guanidine groups is 1. The Hall–Kier alpha value is -1.58. The molecular formula is C22H31ClIN5O. The molecule has 3 rings (SSSR count). The smallest absolute Gasteiger partial charge is 0.191 e. The van der Waals surface area contributed by atoms with E-state index in [9.17, 15) is 0 Å². The summed E-state index contributed by atoms with van der Waals surface area (Å²) < 4.78 is 5.60. The van der Waals surface area contributed by atoms with Crippen LogP contribution in [0.1, 0.15) is 25.0 Å². The van der Waals surface area contributed by atoms with Gasteiger partial charge in [-0.25, -0.2) is 9.98 Å². The summed E-state index contributed by atoms with van der Waals surface area (Å²) in [7, 11) is 0. The molecule has 1 aromatic carbocycles. The molecule has 0 spiro atoms. The molecule has 1 aliphatic heterocycles. The second kappa shape index (κ2) is 13.0. The average Bonchev–Trinajstić information content (AvgIpc) is 2.74. The van der Waals surface area contributed by atoms with Gasteiger partial charge in [0.2, 0.25) is 0 Å². The van der Waals surface area contributed by atoms with Crippen LogP contribution in [0.25, 0.3) is 0 Å².